The monoisotopic (exact) mass is 282 g/mol. The Balaban J connectivity index is 0.000000211. The highest BCUT2D eigenvalue weighted by molar-refractivity contribution is 5.96. The van der Waals surface area contributed by atoms with E-state index in [0.29, 0.717) is 12.8 Å². The van der Waals surface area contributed by atoms with E-state index in [4.69, 9.17) is 0 Å². The van der Waals surface area contributed by atoms with Crippen molar-refractivity contribution in [1.29, 1.82) is 0 Å². The molecule has 0 aliphatic carbocycles. The van der Waals surface area contributed by atoms with Gasteiger partial charge in [-0.3, -0.25) is 9.59 Å². The summed E-state index contributed by atoms with van der Waals surface area (Å²) in [5, 5.41) is 0. The first kappa shape index (κ1) is 16.8. The average molecular weight is 282 g/mol. The van der Waals surface area contributed by atoms with Crippen molar-refractivity contribution < 1.29 is 9.59 Å². The van der Waals surface area contributed by atoms with Crippen LogP contribution in [0.15, 0.2) is 60.7 Å². The topological polar surface area (TPSA) is 34.1 Å². The van der Waals surface area contributed by atoms with Gasteiger partial charge in [-0.1, -0.05) is 74.5 Å². The van der Waals surface area contributed by atoms with Gasteiger partial charge in [0.25, 0.3) is 0 Å². The van der Waals surface area contributed by atoms with Crippen molar-refractivity contribution in [1.82, 2.24) is 0 Å². The molecule has 110 valence electrons. The van der Waals surface area contributed by atoms with Crippen LogP contribution in [0.5, 0.6) is 0 Å². The second kappa shape index (κ2) is 9.65. The zero-order valence-electron chi connectivity index (χ0n) is 12.7. The maximum Gasteiger partial charge on any atom is 0.162 e. The van der Waals surface area contributed by atoms with Gasteiger partial charge in [0.05, 0.1) is 0 Å². The van der Waals surface area contributed by atoms with E-state index in [1.807, 2.05) is 74.5 Å². The van der Waals surface area contributed by atoms with Gasteiger partial charge in [-0.2, -0.15) is 0 Å². The summed E-state index contributed by atoms with van der Waals surface area (Å²) in [4.78, 5) is 22.3. The number of carbonyl (C=O) groups is 2. The van der Waals surface area contributed by atoms with E-state index in [1.54, 1.807) is 0 Å². The molecule has 0 aliphatic heterocycles. The van der Waals surface area contributed by atoms with Crippen molar-refractivity contribution in [3.8, 4) is 0 Å². The number of carbonyl (C=O) groups excluding carboxylic acids is 2. The Morgan fingerprint density at radius 2 is 1.14 bits per heavy atom. The van der Waals surface area contributed by atoms with Gasteiger partial charge in [0.1, 0.15) is 0 Å². The standard InChI is InChI=1S/C10H12O.C9H10O/c1-2-6-10(11)9-7-4-3-5-8-9;1-2-9(10)8-6-4-3-5-7-8/h3-5,7-8H,2,6H2,1H3;3-7H,2H2,1H3. The Hall–Kier alpha value is -2.22. The fraction of sp³-hybridized carbons (Fsp3) is 0.263. The van der Waals surface area contributed by atoms with Gasteiger partial charge in [0, 0.05) is 24.0 Å². The van der Waals surface area contributed by atoms with Gasteiger partial charge >= 0.3 is 0 Å². The molecule has 0 bridgehead atoms. The predicted octanol–water partition coefficient (Wildman–Crippen LogP) is 4.95. The van der Waals surface area contributed by atoms with Gasteiger partial charge in [0.15, 0.2) is 11.6 Å². The lowest BCUT2D eigenvalue weighted by Gasteiger charge is -1.96. The predicted molar refractivity (Wildman–Crippen MR) is 86.7 cm³/mol. The zero-order valence-corrected chi connectivity index (χ0v) is 12.7. The molecular weight excluding hydrogens is 260 g/mol. The SMILES string of the molecule is CCC(=O)c1ccccc1.CCCC(=O)c1ccccc1. The van der Waals surface area contributed by atoms with E-state index in [1.165, 1.54) is 0 Å². The van der Waals surface area contributed by atoms with Crippen molar-refractivity contribution in [3.05, 3.63) is 71.8 Å². The first-order valence-corrected chi connectivity index (χ1v) is 7.35. The molecule has 0 radical (unpaired) electrons. The van der Waals surface area contributed by atoms with Crippen LogP contribution >= 0.6 is 0 Å². The van der Waals surface area contributed by atoms with Crippen LogP contribution in [0.2, 0.25) is 0 Å². The van der Waals surface area contributed by atoms with E-state index in [-0.39, 0.29) is 11.6 Å². The van der Waals surface area contributed by atoms with Gasteiger partial charge in [0.2, 0.25) is 0 Å². The van der Waals surface area contributed by atoms with E-state index in [9.17, 15) is 9.59 Å². The third kappa shape index (κ3) is 6.17. The maximum absolute atomic E-state index is 11.2. The molecule has 0 saturated heterocycles. The Morgan fingerprint density at radius 1 is 0.714 bits per heavy atom. The number of rotatable bonds is 5. The summed E-state index contributed by atoms with van der Waals surface area (Å²) in [6.07, 6.45) is 2.17. The lowest BCUT2D eigenvalue weighted by atomic mass is 10.1. The second-order valence-electron chi connectivity index (χ2n) is 4.68. The molecule has 2 heteroatoms. The highest BCUT2D eigenvalue weighted by atomic mass is 16.1. The van der Waals surface area contributed by atoms with Crippen LogP contribution in [0.3, 0.4) is 0 Å². The van der Waals surface area contributed by atoms with Crippen LogP contribution in [0.25, 0.3) is 0 Å². The van der Waals surface area contributed by atoms with Crippen molar-refractivity contribution in [3.63, 3.8) is 0 Å². The minimum atomic E-state index is 0.209. The van der Waals surface area contributed by atoms with E-state index >= 15 is 0 Å². The molecule has 0 atom stereocenters. The van der Waals surface area contributed by atoms with Crippen LogP contribution in [0.4, 0.5) is 0 Å². The summed E-state index contributed by atoms with van der Waals surface area (Å²) in [5.74, 6) is 0.453. The van der Waals surface area contributed by atoms with Gasteiger partial charge in [-0.05, 0) is 6.42 Å². The fourth-order valence-electron chi connectivity index (χ4n) is 1.82. The molecule has 2 nitrogen and oxygen atoms in total. The molecule has 0 spiro atoms. The largest absolute Gasteiger partial charge is 0.294 e. The zero-order chi connectivity index (χ0) is 15.5. The van der Waals surface area contributed by atoms with E-state index < -0.39 is 0 Å². The average Bonchev–Trinajstić information content (AvgIpc) is 2.56. The number of ketones is 2. The van der Waals surface area contributed by atoms with Crippen molar-refractivity contribution >= 4 is 11.6 Å². The van der Waals surface area contributed by atoms with Crippen LogP contribution in [0, 0.1) is 0 Å². The highest BCUT2D eigenvalue weighted by Crippen LogP contribution is 2.04. The highest BCUT2D eigenvalue weighted by Gasteiger charge is 2.01. The second-order valence-corrected chi connectivity index (χ2v) is 4.68. The lowest BCUT2D eigenvalue weighted by Crippen LogP contribution is -1.96. The van der Waals surface area contributed by atoms with Crippen LogP contribution in [0.1, 0.15) is 53.8 Å². The van der Waals surface area contributed by atoms with E-state index in [0.717, 1.165) is 17.5 Å². The Labute approximate surface area is 126 Å². The van der Waals surface area contributed by atoms with Crippen LogP contribution < -0.4 is 0 Å². The van der Waals surface area contributed by atoms with Gasteiger partial charge in [-0.15, -0.1) is 0 Å². The van der Waals surface area contributed by atoms with Gasteiger partial charge in [-0.25, -0.2) is 0 Å². The van der Waals surface area contributed by atoms with Crippen molar-refractivity contribution in [2.75, 3.05) is 0 Å². The molecule has 2 rings (SSSR count). The molecule has 0 amide bonds. The molecule has 21 heavy (non-hydrogen) atoms. The molecule has 0 unspecified atom stereocenters. The summed E-state index contributed by atoms with van der Waals surface area (Å²) in [6, 6.07) is 18.8. The minimum absolute atomic E-state index is 0.209. The third-order valence-electron chi connectivity index (χ3n) is 2.99. The molecule has 0 heterocycles. The van der Waals surface area contributed by atoms with Crippen LogP contribution in [-0.2, 0) is 0 Å². The first-order valence-electron chi connectivity index (χ1n) is 7.35. The summed E-state index contributed by atoms with van der Waals surface area (Å²) in [7, 11) is 0. The smallest absolute Gasteiger partial charge is 0.162 e. The molecule has 0 aliphatic rings. The normalized spacial score (nSPS) is 9.43. The number of hydrogen-bond acceptors (Lipinski definition) is 2. The molecular formula is C19H22O2. The van der Waals surface area contributed by atoms with Crippen molar-refractivity contribution in [2.24, 2.45) is 0 Å². The number of benzene rings is 2. The Kier molecular flexibility index (Phi) is 7.73. The molecule has 0 saturated carbocycles. The quantitative estimate of drug-likeness (QED) is 0.727. The van der Waals surface area contributed by atoms with E-state index in [2.05, 4.69) is 0 Å². The fourth-order valence-corrected chi connectivity index (χ4v) is 1.82. The lowest BCUT2D eigenvalue weighted by molar-refractivity contribution is 0.0976. The molecule has 2 aromatic carbocycles. The maximum atomic E-state index is 11.2. The Bertz CT molecular complexity index is 544. The van der Waals surface area contributed by atoms with Gasteiger partial charge < -0.3 is 0 Å². The summed E-state index contributed by atoms with van der Waals surface area (Å²) < 4.78 is 0. The van der Waals surface area contributed by atoms with Crippen molar-refractivity contribution in [2.45, 2.75) is 33.1 Å². The van der Waals surface area contributed by atoms with Crippen LogP contribution in [-0.4, -0.2) is 11.6 Å². The Morgan fingerprint density at radius 3 is 1.52 bits per heavy atom. The summed E-state index contributed by atoms with van der Waals surface area (Å²) in [6.45, 7) is 3.89. The number of hydrogen-bond donors (Lipinski definition) is 0. The molecule has 0 N–H and O–H groups in total. The number of Topliss-reactive ketones (excluding diaryl/α,β-unsaturated/α-hetero) is 2. The summed E-state index contributed by atoms with van der Waals surface area (Å²) in [5.41, 5.74) is 1.64. The molecule has 0 fully saturated rings. The minimum Gasteiger partial charge on any atom is -0.294 e. The summed E-state index contributed by atoms with van der Waals surface area (Å²) >= 11 is 0. The molecule has 0 aromatic heterocycles. The third-order valence-corrected chi connectivity index (χ3v) is 2.99. The first-order chi connectivity index (χ1) is 10.2. The molecule has 2 aromatic rings.